The van der Waals surface area contributed by atoms with E-state index in [0.717, 1.165) is 0 Å². The summed E-state index contributed by atoms with van der Waals surface area (Å²) < 4.78 is 0. The minimum Gasteiger partial charge on any atom is -0.341 e. The summed E-state index contributed by atoms with van der Waals surface area (Å²) >= 11 is 0. The first-order valence-electron chi connectivity index (χ1n) is 5.04. The van der Waals surface area contributed by atoms with Gasteiger partial charge < -0.3 is 10.6 Å². The summed E-state index contributed by atoms with van der Waals surface area (Å²) in [6, 6.07) is 0.179. The van der Waals surface area contributed by atoms with E-state index in [1.807, 2.05) is 14.0 Å². The number of likely N-dealkylation sites (N-methyl/N-ethyl adjacent to an activating group) is 1. The van der Waals surface area contributed by atoms with Gasteiger partial charge in [-0.15, -0.1) is 0 Å². The number of hydrogen-bond acceptors (Lipinski definition) is 2. The van der Waals surface area contributed by atoms with Crippen LogP contribution >= 0.6 is 0 Å². The van der Waals surface area contributed by atoms with Gasteiger partial charge in [0.25, 0.3) is 0 Å². The van der Waals surface area contributed by atoms with Crippen molar-refractivity contribution in [3.8, 4) is 0 Å². The minimum atomic E-state index is -0.783. The van der Waals surface area contributed by atoms with E-state index in [-0.39, 0.29) is 17.4 Å². The lowest BCUT2D eigenvalue weighted by Gasteiger charge is -2.38. The van der Waals surface area contributed by atoms with Gasteiger partial charge in [0.2, 0.25) is 5.91 Å². The van der Waals surface area contributed by atoms with Crippen LogP contribution in [0.25, 0.3) is 0 Å². The van der Waals surface area contributed by atoms with Gasteiger partial charge in [0.1, 0.15) is 0 Å². The van der Waals surface area contributed by atoms with E-state index in [2.05, 4.69) is 20.8 Å². The molecule has 0 aromatic rings. The lowest BCUT2D eigenvalue weighted by Crippen LogP contribution is -2.54. The first-order chi connectivity index (χ1) is 5.98. The van der Waals surface area contributed by atoms with E-state index in [1.165, 1.54) is 0 Å². The predicted octanol–water partition coefficient (Wildman–Crippen LogP) is 1.62. The van der Waals surface area contributed by atoms with Gasteiger partial charge in [-0.05, 0) is 26.2 Å². The zero-order valence-corrected chi connectivity index (χ0v) is 10.5. The molecule has 1 atom stereocenters. The van der Waals surface area contributed by atoms with Crippen LogP contribution in [0.5, 0.6) is 0 Å². The highest BCUT2D eigenvalue weighted by Crippen LogP contribution is 2.24. The first kappa shape index (κ1) is 13.4. The highest BCUT2D eigenvalue weighted by atomic mass is 16.2. The summed E-state index contributed by atoms with van der Waals surface area (Å²) in [5.41, 5.74) is 5.07. The summed E-state index contributed by atoms with van der Waals surface area (Å²) in [7, 11) is 1.81. The topological polar surface area (TPSA) is 46.3 Å². The number of carbonyl (C=O) groups excluding carboxylic acids is 1. The van der Waals surface area contributed by atoms with Crippen molar-refractivity contribution in [2.24, 2.45) is 11.1 Å². The van der Waals surface area contributed by atoms with E-state index < -0.39 is 5.54 Å². The Kier molecular flexibility index (Phi) is 3.73. The van der Waals surface area contributed by atoms with Crippen molar-refractivity contribution in [3.05, 3.63) is 0 Å². The predicted molar refractivity (Wildman–Crippen MR) is 60.0 cm³/mol. The van der Waals surface area contributed by atoms with Gasteiger partial charge in [-0.3, -0.25) is 4.79 Å². The van der Waals surface area contributed by atoms with Crippen LogP contribution in [-0.4, -0.2) is 29.4 Å². The lowest BCUT2D eigenvalue weighted by atomic mass is 9.86. The maximum atomic E-state index is 11.9. The van der Waals surface area contributed by atoms with Crippen molar-refractivity contribution in [2.45, 2.75) is 53.1 Å². The molecule has 84 valence electrons. The van der Waals surface area contributed by atoms with Gasteiger partial charge in [0, 0.05) is 13.1 Å². The molecule has 14 heavy (non-hydrogen) atoms. The Morgan fingerprint density at radius 2 is 1.57 bits per heavy atom. The lowest BCUT2D eigenvalue weighted by molar-refractivity contribution is -0.138. The molecule has 0 aliphatic rings. The third kappa shape index (κ3) is 3.29. The van der Waals surface area contributed by atoms with Crippen molar-refractivity contribution < 1.29 is 4.79 Å². The van der Waals surface area contributed by atoms with E-state index in [4.69, 9.17) is 5.73 Å². The molecule has 0 fully saturated rings. The van der Waals surface area contributed by atoms with Crippen LogP contribution in [0.3, 0.4) is 0 Å². The summed E-state index contributed by atoms with van der Waals surface area (Å²) in [4.78, 5) is 13.6. The van der Waals surface area contributed by atoms with Gasteiger partial charge >= 0.3 is 0 Å². The monoisotopic (exact) mass is 200 g/mol. The number of nitrogens with two attached hydrogens (primary N) is 1. The Bertz CT molecular complexity index is 210. The highest BCUT2D eigenvalue weighted by molar-refractivity contribution is 5.85. The van der Waals surface area contributed by atoms with Crippen LogP contribution in [0.1, 0.15) is 41.5 Å². The third-order valence-electron chi connectivity index (χ3n) is 2.71. The fourth-order valence-corrected chi connectivity index (χ4v) is 1.21. The van der Waals surface area contributed by atoms with Crippen LogP contribution in [0.2, 0.25) is 0 Å². The molecule has 0 saturated carbocycles. The molecule has 1 unspecified atom stereocenters. The zero-order valence-electron chi connectivity index (χ0n) is 10.5. The van der Waals surface area contributed by atoms with Crippen molar-refractivity contribution in [1.82, 2.24) is 4.90 Å². The first-order valence-corrected chi connectivity index (χ1v) is 5.04. The van der Waals surface area contributed by atoms with Crippen LogP contribution in [0.4, 0.5) is 0 Å². The molecular formula is C11H24N2O. The van der Waals surface area contributed by atoms with Crippen LogP contribution in [-0.2, 0) is 4.79 Å². The van der Waals surface area contributed by atoms with Crippen molar-refractivity contribution in [2.75, 3.05) is 7.05 Å². The molecule has 0 aromatic heterocycles. The summed E-state index contributed by atoms with van der Waals surface area (Å²) in [5.74, 6) is -0.0140. The van der Waals surface area contributed by atoms with Gasteiger partial charge in [0.15, 0.2) is 0 Å². The molecule has 1 amide bonds. The molecule has 0 aliphatic heterocycles. The molecule has 0 saturated heterocycles. The second kappa shape index (κ2) is 3.89. The summed E-state index contributed by atoms with van der Waals surface area (Å²) in [6.45, 7) is 11.9. The Hall–Kier alpha value is -0.570. The Balaban J connectivity index is 4.65. The molecule has 0 aliphatic carbocycles. The molecule has 0 spiro atoms. The minimum absolute atomic E-state index is 0.0140. The van der Waals surface area contributed by atoms with Gasteiger partial charge in [-0.2, -0.15) is 0 Å². The maximum absolute atomic E-state index is 11.9. The molecular weight excluding hydrogens is 176 g/mol. The molecule has 2 N–H and O–H groups in total. The van der Waals surface area contributed by atoms with Crippen LogP contribution in [0.15, 0.2) is 0 Å². The smallest absolute Gasteiger partial charge is 0.242 e. The average Bonchev–Trinajstić information content (AvgIpc) is 1.97. The largest absolute Gasteiger partial charge is 0.341 e. The number of rotatable bonds is 2. The SMILES string of the molecule is CC(N(C)C(=O)C(C)(C)N)C(C)(C)C. The molecule has 0 heterocycles. The van der Waals surface area contributed by atoms with Crippen molar-refractivity contribution >= 4 is 5.91 Å². The molecule has 3 heteroatoms. The summed E-state index contributed by atoms with van der Waals surface area (Å²) in [5, 5.41) is 0. The van der Waals surface area contributed by atoms with Crippen LogP contribution in [0, 0.1) is 5.41 Å². The van der Waals surface area contributed by atoms with E-state index >= 15 is 0 Å². The Morgan fingerprint density at radius 1 is 1.21 bits per heavy atom. The Morgan fingerprint density at radius 3 is 1.79 bits per heavy atom. The van der Waals surface area contributed by atoms with Gasteiger partial charge in [-0.1, -0.05) is 20.8 Å². The standard InChI is InChI=1S/C11H24N2O/c1-8(10(2,3)4)13(7)9(14)11(5,6)12/h8H,12H2,1-7H3. The second-order valence-electron chi connectivity index (χ2n) is 5.68. The van der Waals surface area contributed by atoms with E-state index in [1.54, 1.807) is 18.7 Å². The molecule has 3 nitrogen and oxygen atoms in total. The van der Waals surface area contributed by atoms with Crippen molar-refractivity contribution in [1.29, 1.82) is 0 Å². The molecule has 0 rings (SSSR count). The average molecular weight is 200 g/mol. The molecule has 0 radical (unpaired) electrons. The fourth-order valence-electron chi connectivity index (χ4n) is 1.21. The normalized spacial score (nSPS) is 15.1. The van der Waals surface area contributed by atoms with Gasteiger partial charge in [0.05, 0.1) is 5.54 Å². The zero-order chi connectivity index (χ0) is 11.7. The Labute approximate surface area is 87.6 Å². The molecule has 0 aromatic carbocycles. The maximum Gasteiger partial charge on any atom is 0.242 e. The van der Waals surface area contributed by atoms with E-state index in [9.17, 15) is 4.79 Å². The number of nitrogens with zero attached hydrogens (tertiary/aromatic N) is 1. The number of hydrogen-bond donors (Lipinski definition) is 1. The fraction of sp³-hybridized carbons (Fsp3) is 0.909. The van der Waals surface area contributed by atoms with Crippen molar-refractivity contribution in [3.63, 3.8) is 0 Å². The molecule has 0 bridgehead atoms. The highest BCUT2D eigenvalue weighted by Gasteiger charge is 2.32. The van der Waals surface area contributed by atoms with Gasteiger partial charge in [-0.25, -0.2) is 0 Å². The second-order valence-corrected chi connectivity index (χ2v) is 5.68. The third-order valence-corrected chi connectivity index (χ3v) is 2.71. The number of amides is 1. The van der Waals surface area contributed by atoms with E-state index in [0.29, 0.717) is 0 Å². The van der Waals surface area contributed by atoms with Crippen LogP contribution < -0.4 is 5.73 Å². The number of carbonyl (C=O) groups is 1. The quantitative estimate of drug-likeness (QED) is 0.736. The summed E-state index contributed by atoms with van der Waals surface area (Å²) in [6.07, 6.45) is 0.